The Morgan fingerprint density at radius 3 is 2.36 bits per heavy atom. The van der Waals surface area contributed by atoms with E-state index in [4.69, 9.17) is 0 Å². The van der Waals surface area contributed by atoms with Gasteiger partial charge in [0.1, 0.15) is 5.75 Å². The molecule has 0 radical (unpaired) electrons. The Bertz CT molecular complexity index is 292. The number of phenolic OH excluding ortho intramolecular Hbond substituents is 1. The molecule has 1 rings (SSSR count). The van der Waals surface area contributed by atoms with Crippen molar-refractivity contribution >= 4 is 0 Å². The van der Waals surface area contributed by atoms with E-state index in [9.17, 15) is 5.11 Å². The molecule has 2 nitrogen and oxygen atoms in total. The van der Waals surface area contributed by atoms with Crippen LogP contribution in [-0.4, -0.2) is 23.1 Å². The summed E-state index contributed by atoms with van der Waals surface area (Å²) in [5.74, 6) is 0.414. The summed E-state index contributed by atoms with van der Waals surface area (Å²) < 4.78 is 0. The highest BCUT2D eigenvalue weighted by atomic mass is 16.3. The molecule has 14 heavy (non-hydrogen) atoms. The fraction of sp³-hybridized carbons (Fsp3) is 0.500. The molecule has 0 aromatic heterocycles. The fourth-order valence-electron chi connectivity index (χ4n) is 1.50. The lowest BCUT2D eigenvalue weighted by Crippen LogP contribution is -2.22. The van der Waals surface area contributed by atoms with Gasteiger partial charge >= 0.3 is 0 Å². The van der Waals surface area contributed by atoms with Crippen molar-refractivity contribution in [2.24, 2.45) is 0 Å². The smallest absolute Gasteiger partial charge is 0.120 e. The molecule has 0 fully saturated rings. The average Bonchev–Trinajstić information content (AvgIpc) is 2.17. The minimum atomic E-state index is 0.414. The van der Waals surface area contributed by atoms with Crippen molar-refractivity contribution in [2.45, 2.75) is 27.3 Å². The Hall–Kier alpha value is -1.02. The van der Waals surface area contributed by atoms with Gasteiger partial charge < -0.3 is 5.11 Å². The number of nitrogens with zero attached hydrogens (tertiary/aromatic N) is 1. The molecule has 0 saturated heterocycles. The molecule has 0 spiro atoms. The molecular formula is C12H19NO. The lowest BCUT2D eigenvalue weighted by atomic mass is 10.1. The molecule has 1 aromatic carbocycles. The van der Waals surface area contributed by atoms with Gasteiger partial charge in [-0.05, 0) is 31.6 Å². The first-order valence-electron chi connectivity index (χ1n) is 5.18. The summed E-state index contributed by atoms with van der Waals surface area (Å²) in [6, 6.07) is 5.86. The summed E-state index contributed by atoms with van der Waals surface area (Å²) in [4.78, 5) is 2.28. The van der Waals surface area contributed by atoms with Crippen LogP contribution in [0.5, 0.6) is 5.75 Å². The highest BCUT2D eigenvalue weighted by molar-refractivity contribution is 5.35. The van der Waals surface area contributed by atoms with E-state index in [0.717, 1.165) is 30.8 Å². The van der Waals surface area contributed by atoms with Gasteiger partial charge in [0, 0.05) is 12.1 Å². The van der Waals surface area contributed by atoms with Gasteiger partial charge in [-0.15, -0.1) is 0 Å². The fourth-order valence-corrected chi connectivity index (χ4v) is 1.50. The molecule has 0 aliphatic carbocycles. The lowest BCUT2D eigenvalue weighted by molar-refractivity contribution is 0.291. The van der Waals surface area contributed by atoms with Crippen LogP contribution in [0.2, 0.25) is 0 Å². The van der Waals surface area contributed by atoms with E-state index < -0.39 is 0 Å². The van der Waals surface area contributed by atoms with Gasteiger partial charge in [-0.2, -0.15) is 0 Å². The molecule has 0 unspecified atom stereocenters. The summed E-state index contributed by atoms with van der Waals surface area (Å²) in [7, 11) is 0. The van der Waals surface area contributed by atoms with Gasteiger partial charge in [-0.25, -0.2) is 0 Å². The Labute approximate surface area is 86.2 Å². The molecule has 0 aliphatic heterocycles. The van der Waals surface area contributed by atoms with Gasteiger partial charge in [-0.3, -0.25) is 4.90 Å². The number of hydrogen-bond donors (Lipinski definition) is 1. The largest absolute Gasteiger partial charge is 0.508 e. The van der Waals surface area contributed by atoms with Crippen LogP contribution in [0.15, 0.2) is 18.2 Å². The number of benzene rings is 1. The SMILES string of the molecule is CCN(CC)Cc1ccc(C)cc1O. The van der Waals surface area contributed by atoms with Crippen LogP contribution in [-0.2, 0) is 6.54 Å². The van der Waals surface area contributed by atoms with E-state index in [0.29, 0.717) is 5.75 Å². The second-order valence-corrected chi connectivity index (χ2v) is 3.59. The molecule has 0 heterocycles. The highest BCUT2D eigenvalue weighted by Crippen LogP contribution is 2.19. The van der Waals surface area contributed by atoms with Crippen molar-refractivity contribution in [1.82, 2.24) is 4.90 Å². The Morgan fingerprint density at radius 2 is 1.86 bits per heavy atom. The van der Waals surface area contributed by atoms with E-state index in [1.165, 1.54) is 0 Å². The van der Waals surface area contributed by atoms with Crippen LogP contribution >= 0.6 is 0 Å². The van der Waals surface area contributed by atoms with Gasteiger partial charge in [0.15, 0.2) is 0 Å². The van der Waals surface area contributed by atoms with Crippen molar-refractivity contribution < 1.29 is 5.11 Å². The Kier molecular flexibility index (Phi) is 3.96. The number of hydrogen-bond acceptors (Lipinski definition) is 2. The van der Waals surface area contributed by atoms with Crippen LogP contribution in [0.1, 0.15) is 25.0 Å². The summed E-state index contributed by atoms with van der Waals surface area (Å²) in [5, 5.41) is 9.70. The Balaban J connectivity index is 2.76. The van der Waals surface area contributed by atoms with Crippen molar-refractivity contribution in [1.29, 1.82) is 0 Å². The monoisotopic (exact) mass is 193 g/mol. The first-order valence-corrected chi connectivity index (χ1v) is 5.18. The number of rotatable bonds is 4. The van der Waals surface area contributed by atoms with Gasteiger partial charge in [0.25, 0.3) is 0 Å². The third kappa shape index (κ3) is 2.74. The maximum absolute atomic E-state index is 9.70. The van der Waals surface area contributed by atoms with Crippen LogP contribution in [0.4, 0.5) is 0 Å². The van der Waals surface area contributed by atoms with E-state index in [1.54, 1.807) is 0 Å². The zero-order valence-corrected chi connectivity index (χ0v) is 9.25. The third-order valence-electron chi connectivity index (χ3n) is 2.53. The number of aromatic hydroxyl groups is 1. The third-order valence-corrected chi connectivity index (χ3v) is 2.53. The van der Waals surface area contributed by atoms with Crippen molar-refractivity contribution in [3.63, 3.8) is 0 Å². The maximum atomic E-state index is 9.70. The second-order valence-electron chi connectivity index (χ2n) is 3.59. The number of phenols is 1. The predicted molar refractivity (Wildman–Crippen MR) is 59.5 cm³/mol. The standard InChI is InChI=1S/C12H19NO/c1-4-13(5-2)9-11-7-6-10(3)8-12(11)14/h6-8,14H,4-5,9H2,1-3H3. The summed E-state index contributed by atoms with van der Waals surface area (Å²) in [6.45, 7) is 9.12. The minimum absolute atomic E-state index is 0.414. The first-order chi connectivity index (χ1) is 6.67. The van der Waals surface area contributed by atoms with E-state index in [1.807, 2.05) is 25.1 Å². The molecule has 1 aromatic rings. The summed E-state index contributed by atoms with van der Waals surface area (Å²) in [6.07, 6.45) is 0. The molecule has 0 bridgehead atoms. The topological polar surface area (TPSA) is 23.5 Å². The van der Waals surface area contributed by atoms with E-state index in [-0.39, 0.29) is 0 Å². The second kappa shape index (κ2) is 5.01. The molecule has 2 heteroatoms. The first kappa shape index (κ1) is 11.1. The molecular weight excluding hydrogens is 174 g/mol. The maximum Gasteiger partial charge on any atom is 0.120 e. The highest BCUT2D eigenvalue weighted by Gasteiger charge is 2.05. The predicted octanol–water partition coefficient (Wildman–Crippen LogP) is 2.54. The lowest BCUT2D eigenvalue weighted by Gasteiger charge is -2.18. The van der Waals surface area contributed by atoms with Crippen molar-refractivity contribution in [3.05, 3.63) is 29.3 Å². The normalized spacial score (nSPS) is 10.9. The molecule has 1 N–H and O–H groups in total. The molecule has 0 amide bonds. The van der Waals surface area contributed by atoms with E-state index in [2.05, 4.69) is 18.7 Å². The molecule has 0 saturated carbocycles. The summed E-state index contributed by atoms with van der Waals surface area (Å²) >= 11 is 0. The Morgan fingerprint density at radius 1 is 1.21 bits per heavy atom. The van der Waals surface area contributed by atoms with Gasteiger partial charge in [0.2, 0.25) is 0 Å². The minimum Gasteiger partial charge on any atom is -0.508 e. The van der Waals surface area contributed by atoms with Gasteiger partial charge in [-0.1, -0.05) is 26.0 Å². The van der Waals surface area contributed by atoms with Gasteiger partial charge in [0.05, 0.1) is 0 Å². The van der Waals surface area contributed by atoms with Crippen LogP contribution in [0.3, 0.4) is 0 Å². The van der Waals surface area contributed by atoms with Crippen molar-refractivity contribution in [3.8, 4) is 5.75 Å². The summed E-state index contributed by atoms with van der Waals surface area (Å²) in [5.41, 5.74) is 2.12. The van der Waals surface area contributed by atoms with Crippen LogP contribution < -0.4 is 0 Å². The zero-order valence-electron chi connectivity index (χ0n) is 9.25. The van der Waals surface area contributed by atoms with Crippen LogP contribution in [0, 0.1) is 6.92 Å². The zero-order chi connectivity index (χ0) is 10.6. The van der Waals surface area contributed by atoms with E-state index >= 15 is 0 Å². The number of aryl methyl sites for hydroxylation is 1. The molecule has 0 atom stereocenters. The quantitative estimate of drug-likeness (QED) is 0.794. The molecule has 0 aliphatic rings. The molecule has 78 valence electrons. The van der Waals surface area contributed by atoms with Crippen molar-refractivity contribution in [2.75, 3.05) is 13.1 Å². The average molecular weight is 193 g/mol. The van der Waals surface area contributed by atoms with Crippen LogP contribution in [0.25, 0.3) is 0 Å².